The number of carbonyl (C=O) groups excluding carboxylic acids is 7. The molecule has 0 aliphatic carbocycles. The topological polar surface area (TPSA) is 281 Å². The molecule has 2 aliphatic heterocycles. The summed E-state index contributed by atoms with van der Waals surface area (Å²) in [4.78, 5) is 86.6. The number of benzene rings is 1. The van der Waals surface area contributed by atoms with Gasteiger partial charge >= 0.3 is 29.8 Å². The van der Waals surface area contributed by atoms with E-state index in [9.17, 15) is 47.1 Å². The maximum atomic E-state index is 13.3. The minimum atomic E-state index is -3.75. The van der Waals surface area contributed by atoms with E-state index in [4.69, 9.17) is 42.6 Å². The van der Waals surface area contributed by atoms with Gasteiger partial charge in [0.05, 0.1) is 16.8 Å². The summed E-state index contributed by atoms with van der Waals surface area (Å²) in [6.45, 7) is 6.52. The van der Waals surface area contributed by atoms with Gasteiger partial charge in [-0.15, -0.1) is 0 Å². The molecular formula is C36H50N2O19S. The van der Waals surface area contributed by atoms with Crippen molar-refractivity contribution < 1.29 is 89.7 Å². The summed E-state index contributed by atoms with van der Waals surface area (Å²) in [5.74, 6) is -6.15. The van der Waals surface area contributed by atoms with E-state index in [0.29, 0.717) is 0 Å². The highest BCUT2D eigenvalue weighted by atomic mass is 32.2. The largest absolute Gasteiger partial charge is 0.463 e. The zero-order valence-electron chi connectivity index (χ0n) is 33.0. The highest BCUT2D eigenvalue weighted by Crippen LogP contribution is 2.33. The highest BCUT2D eigenvalue weighted by molar-refractivity contribution is 7.91. The van der Waals surface area contributed by atoms with Crippen LogP contribution in [0.1, 0.15) is 54.9 Å². The molecule has 0 saturated carbocycles. The van der Waals surface area contributed by atoms with Crippen molar-refractivity contribution in [3.63, 3.8) is 0 Å². The average molecular weight is 847 g/mol. The molecule has 1 aromatic carbocycles. The van der Waals surface area contributed by atoms with Crippen molar-refractivity contribution in [3.05, 3.63) is 30.3 Å². The van der Waals surface area contributed by atoms with Gasteiger partial charge in [-0.2, -0.15) is 0 Å². The summed E-state index contributed by atoms with van der Waals surface area (Å²) in [7, 11) is -3.75. The minimum Gasteiger partial charge on any atom is -0.463 e. The Morgan fingerprint density at radius 3 is 1.91 bits per heavy atom. The number of sulfone groups is 1. The van der Waals surface area contributed by atoms with E-state index in [2.05, 4.69) is 10.6 Å². The van der Waals surface area contributed by atoms with E-state index in [1.165, 1.54) is 26.0 Å². The van der Waals surface area contributed by atoms with Crippen LogP contribution in [-0.2, 0) is 86.0 Å². The molecule has 3 N–H and O–H groups in total. The lowest BCUT2D eigenvalue weighted by Gasteiger charge is -2.48. The molecule has 2 heterocycles. The fourth-order valence-corrected chi connectivity index (χ4v) is 7.06. The molecular weight excluding hydrogens is 796 g/mol. The molecule has 11 atom stereocenters. The molecule has 0 aromatic heterocycles. The normalized spacial score (nSPS) is 26.8. The van der Waals surface area contributed by atoms with Crippen molar-refractivity contribution in [2.24, 2.45) is 0 Å². The minimum absolute atomic E-state index is 0.0480. The summed E-state index contributed by atoms with van der Waals surface area (Å²) in [6.07, 6.45) is -13.3. The Morgan fingerprint density at radius 1 is 0.793 bits per heavy atom. The van der Waals surface area contributed by atoms with Gasteiger partial charge in [0, 0.05) is 41.0 Å². The zero-order valence-corrected chi connectivity index (χ0v) is 33.8. The van der Waals surface area contributed by atoms with Crippen LogP contribution in [0.25, 0.3) is 0 Å². The van der Waals surface area contributed by atoms with Gasteiger partial charge < -0.3 is 58.4 Å². The number of hydrogen-bond donors (Lipinski definition) is 3. The van der Waals surface area contributed by atoms with Gasteiger partial charge in [-0.25, -0.2) is 13.2 Å². The Bertz CT molecular complexity index is 1730. The van der Waals surface area contributed by atoms with E-state index in [1.54, 1.807) is 18.2 Å². The second-order valence-corrected chi connectivity index (χ2v) is 15.4. The predicted octanol–water partition coefficient (Wildman–Crippen LogP) is -1.01. The van der Waals surface area contributed by atoms with Crippen LogP contribution >= 0.6 is 0 Å². The van der Waals surface area contributed by atoms with Crippen molar-refractivity contribution >= 4 is 51.5 Å². The Hall–Kier alpha value is -4.74. The summed E-state index contributed by atoms with van der Waals surface area (Å²) >= 11 is 0. The van der Waals surface area contributed by atoms with Crippen LogP contribution in [0, 0.1) is 0 Å². The number of nitrogens with one attached hydrogen (secondary N) is 2. The summed E-state index contributed by atoms with van der Waals surface area (Å²) in [5, 5.41) is 15.6. The van der Waals surface area contributed by atoms with Crippen molar-refractivity contribution in [3.8, 4) is 0 Å². The number of hydrogen-bond acceptors (Lipinski definition) is 19. The summed E-state index contributed by atoms with van der Waals surface area (Å²) in [6, 6.07) is 4.85. The van der Waals surface area contributed by atoms with E-state index < -0.39 is 144 Å². The average Bonchev–Trinajstić information content (AvgIpc) is 3.12. The molecule has 3 rings (SSSR count). The smallest absolute Gasteiger partial charge is 0.328 e. The lowest BCUT2D eigenvalue weighted by Crippen LogP contribution is -2.68. The van der Waals surface area contributed by atoms with Gasteiger partial charge in [0.2, 0.25) is 11.8 Å². The number of aliphatic hydroxyl groups excluding tert-OH is 1. The fourth-order valence-electron chi connectivity index (χ4n) is 5.95. The van der Waals surface area contributed by atoms with Crippen molar-refractivity contribution in [2.45, 2.75) is 127 Å². The van der Waals surface area contributed by atoms with Crippen LogP contribution in [0.15, 0.2) is 35.2 Å². The fraction of sp³-hybridized carbons (Fsp3) is 0.639. The van der Waals surface area contributed by atoms with Crippen LogP contribution in [0.5, 0.6) is 0 Å². The highest BCUT2D eigenvalue weighted by Gasteiger charge is 2.54. The van der Waals surface area contributed by atoms with Crippen LogP contribution in [0.3, 0.4) is 0 Å². The molecule has 3 unspecified atom stereocenters. The maximum absolute atomic E-state index is 13.3. The summed E-state index contributed by atoms with van der Waals surface area (Å²) in [5.41, 5.74) is 0. The van der Waals surface area contributed by atoms with Crippen LogP contribution < -0.4 is 10.6 Å². The Balaban J connectivity index is 1.86. The first-order chi connectivity index (χ1) is 27.2. The van der Waals surface area contributed by atoms with Gasteiger partial charge in [-0.05, 0) is 26.0 Å². The predicted molar refractivity (Wildman–Crippen MR) is 192 cm³/mol. The van der Waals surface area contributed by atoms with E-state index in [0.717, 1.165) is 34.6 Å². The van der Waals surface area contributed by atoms with Crippen LogP contribution in [0.4, 0.5) is 0 Å². The van der Waals surface area contributed by atoms with Crippen molar-refractivity contribution in [1.82, 2.24) is 10.6 Å². The number of rotatable bonds is 18. The number of aliphatic hydroxyl groups is 1. The van der Waals surface area contributed by atoms with E-state index >= 15 is 0 Å². The molecule has 324 valence electrons. The van der Waals surface area contributed by atoms with Gasteiger partial charge in [-0.1, -0.05) is 18.2 Å². The Kier molecular flexibility index (Phi) is 18.0. The third kappa shape index (κ3) is 14.6. The number of ether oxygens (including phenoxy) is 9. The maximum Gasteiger partial charge on any atom is 0.328 e. The lowest BCUT2D eigenvalue weighted by molar-refractivity contribution is -0.329. The number of amides is 2. The molecule has 2 fully saturated rings. The SMILES string of the molecule is CC(=O)NC1C(OC(C)=O)[C@H](OC(C)=O)[C@@H](COC(C)=O)O[C@@H]1O[C@H]1C(COC(C)=O)O[C@@H](O)C[C@H]1O[C@H](C)C(=O)N[C@@H](C)C(=O)OCCS(=O)(=O)c1ccccc1. The van der Waals surface area contributed by atoms with Crippen LogP contribution in [-0.4, -0.2) is 148 Å². The number of carbonyl (C=O) groups is 7. The van der Waals surface area contributed by atoms with E-state index in [1.807, 2.05) is 0 Å². The molecule has 0 bridgehead atoms. The monoisotopic (exact) mass is 846 g/mol. The molecule has 2 saturated heterocycles. The van der Waals surface area contributed by atoms with Gasteiger partial charge in [0.25, 0.3) is 0 Å². The molecule has 58 heavy (non-hydrogen) atoms. The number of esters is 5. The second kappa shape index (κ2) is 21.9. The first-order valence-corrected chi connectivity index (χ1v) is 19.8. The van der Waals surface area contributed by atoms with Crippen molar-refractivity contribution in [1.29, 1.82) is 0 Å². The molecule has 2 amide bonds. The summed E-state index contributed by atoms with van der Waals surface area (Å²) < 4.78 is 75.5. The van der Waals surface area contributed by atoms with E-state index in [-0.39, 0.29) is 11.3 Å². The molecule has 1 aromatic rings. The third-order valence-electron chi connectivity index (χ3n) is 8.47. The first-order valence-electron chi connectivity index (χ1n) is 18.1. The Labute approximate surface area is 334 Å². The van der Waals surface area contributed by atoms with Gasteiger partial charge in [0.1, 0.15) is 56.3 Å². The van der Waals surface area contributed by atoms with Gasteiger partial charge in [-0.3, -0.25) is 28.8 Å². The molecule has 22 heteroatoms. The van der Waals surface area contributed by atoms with Gasteiger partial charge in [0.15, 0.2) is 34.6 Å². The molecule has 2 aliphatic rings. The van der Waals surface area contributed by atoms with Crippen molar-refractivity contribution in [2.75, 3.05) is 25.6 Å². The standard InChI is InChI=1S/C36H50N2O19S/c1-18(35(46)49-13-14-58(47,48)25-11-9-8-10-12-25)37-34(45)19(2)52-26-15-29(44)55-27(16-50-21(4)40)31(26)57-36-30(38-20(3)39)33(54-24(7)43)32(53-23(6)42)28(56-36)17-51-22(5)41/h8-12,18-19,26-33,36,44H,13-17H2,1-7H3,(H,37,45)(H,38,39)/t18-,19+,26+,27?,28+,29+,30?,31+,32+,33?,36+/m0/s1. The molecule has 21 nitrogen and oxygen atoms in total. The zero-order chi connectivity index (χ0) is 43.3. The molecule has 0 spiro atoms. The third-order valence-corrected chi connectivity index (χ3v) is 10.2. The quantitative estimate of drug-likeness (QED) is 0.118. The first kappa shape index (κ1) is 47.6. The second-order valence-electron chi connectivity index (χ2n) is 13.3. The molecule has 0 radical (unpaired) electrons. The van der Waals surface area contributed by atoms with Crippen LogP contribution in [0.2, 0.25) is 0 Å². The Morgan fingerprint density at radius 2 is 1.36 bits per heavy atom. The lowest BCUT2D eigenvalue weighted by atomic mass is 9.95.